The summed E-state index contributed by atoms with van der Waals surface area (Å²) < 4.78 is 19.3. The zero-order valence-corrected chi connectivity index (χ0v) is 12.3. The normalized spacial score (nSPS) is 23.3. The standard InChI is InChI=1S/C16H24FNO/c1-16(2)9-5-6-13(16)15(18-3)12-8-7-11(19-4)10-14(12)17/h7-8,10,13,15,18H,5-6,9H2,1-4H3. The lowest BCUT2D eigenvalue weighted by Gasteiger charge is -2.34. The van der Waals surface area contributed by atoms with E-state index in [0.29, 0.717) is 11.7 Å². The highest BCUT2D eigenvalue weighted by atomic mass is 19.1. The van der Waals surface area contributed by atoms with Crippen LogP contribution in [0.25, 0.3) is 0 Å². The summed E-state index contributed by atoms with van der Waals surface area (Å²) in [5.74, 6) is 0.864. The first-order valence-corrected chi connectivity index (χ1v) is 7.00. The van der Waals surface area contributed by atoms with E-state index in [2.05, 4.69) is 19.2 Å². The van der Waals surface area contributed by atoms with Crippen LogP contribution in [-0.2, 0) is 0 Å². The molecule has 19 heavy (non-hydrogen) atoms. The number of benzene rings is 1. The number of hydrogen-bond acceptors (Lipinski definition) is 2. The Hall–Kier alpha value is -1.09. The highest BCUT2D eigenvalue weighted by Crippen LogP contribution is 2.49. The molecule has 1 saturated carbocycles. The fourth-order valence-corrected chi connectivity index (χ4v) is 3.43. The average molecular weight is 265 g/mol. The number of hydrogen-bond donors (Lipinski definition) is 1. The lowest BCUT2D eigenvalue weighted by atomic mass is 9.75. The van der Waals surface area contributed by atoms with E-state index >= 15 is 0 Å². The third kappa shape index (κ3) is 2.76. The van der Waals surface area contributed by atoms with Gasteiger partial charge in [-0.15, -0.1) is 0 Å². The fraction of sp³-hybridized carbons (Fsp3) is 0.625. The molecule has 2 rings (SSSR count). The molecule has 0 bridgehead atoms. The highest BCUT2D eigenvalue weighted by molar-refractivity contribution is 5.31. The molecular weight excluding hydrogens is 241 g/mol. The lowest BCUT2D eigenvalue weighted by molar-refractivity contribution is 0.201. The van der Waals surface area contributed by atoms with E-state index in [1.54, 1.807) is 7.11 Å². The third-order valence-corrected chi connectivity index (χ3v) is 4.60. The van der Waals surface area contributed by atoms with E-state index in [1.165, 1.54) is 18.9 Å². The van der Waals surface area contributed by atoms with Crippen LogP contribution in [0.3, 0.4) is 0 Å². The van der Waals surface area contributed by atoms with Crippen LogP contribution in [0.4, 0.5) is 4.39 Å². The Morgan fingerprint density at radius 2 is 2.16 bits per heavy atom. The fourth-order valence-electron chi connectivity index (χ4n) is 3.43. The van der Waals surface area contributed by atoms with E-state index in [4.69, 9.17) is 4.74 Å². The van der Waals surface area contributed by atoms with Gasteiger partial charge in [0.2, 0.25) is 0 Å². The first kappa shape index (κ1) is 14.3. The Balaban J connectivity index is 2.32. The largest absolute Gasteiger partial charge is 0.497 e. The summed E-state index contributed by atoms with van der Waals surface area (Å²) in [6.07, 6.45) is 3.60. The number of halogens is 1. The van der Waals surface area contributed by atoms with Crippen molar-refractivity contribution in [3.8, 4) is 5.75 Å². The molecule has 0 radical (unpaired) electrons. The zero-order chi connectivity index (χ0) is 14.0. The van der Waals surface area contributed by atoms with Crippen LogP contribution in [0.2, 0.25) is 0 Å². The zero-order valence-electron chi connectivity index (χ0n) is 12.3. The summed E-state index contributed by atoms with van der Waals surface area (Å²) >= 11 is 0. The van der Waals surface area contributed by atoms with Gasteiger partial charge in [-0.05, 0) is 37.3 Å². The Morgan fingerprint density at radius 1 is 1.42 bits per heavy atom. The van der Waals surface area contributed by atoms with Crippen LogP contribution >= 0.6 is 0 Å². The van der Waals surface area contributed by atoms with E-state index < -0.39 is 0 Å². The van der Waals surface area contributed by atoms with E-state index in [1.807, 2.05) is 19.2 Å². The van der Waals surface area contributed by atoms with Crippen molar-refractivity contribution in [2.75, 3.05) is 14.2 Å². The molecule has 3 heteroatoms. The topological polar surface area (TPSA) is 21.3 Å². The maximum atomic E-state index is 14.3. The second-order valence-corrected chi connectivity index (χ2v) is 6.14. The van der Waals surface area contributed by atoms with Crippen molar-refractivity contribution in [2.24, 2.45) is 11.3 Å². The molecule has 1 aromatic rings. The molecule has 0 spiro atoms. The van der Waals surface area contributed by atoms with E-state index in [-0.39, 0.29) is 17.3 Å². The molecule has 0 amide bonds. The first-order chi connectivity index (χ1) is 8.99. The molecule has 0 aliphatic heterocycles. The van der Waals surface area contributed by atoms with Gasteiger partial charge in [0.05, 0.1) is 7.11 Å². The van der Waals surface area contributed by atoms with Crippen LogP contribution < -0.4 is 10.1 Å². The minimum atomic E-state index is -0.179. The molecule has 1 aromatic carbocycles. The van der Waals surface area contributed by atoms with Crippen LogP contribution in [0.15, 0.2) is 18.2 Å². The number of rotatable bonds is 4. The van der Waals surface area contributed by atoms with Gasteiger partial charge in [-0.3, -0.25) is 0 Å². The Bertz CT molecular complexity index is 444. The van der Waals surface area contributed by atoms with Crippen molar-refractivity contribution in [1.29, 1.82) is 0 Å². The van der Waals surface area contributed by atoms with Gasteiger partial charge >= 0.3 is 0 Å². The maximum Gasteiger partial charge on any atom is 0.131 e. The third-order valence-electron chi connectivity index (χ3n) is 4.60. The first-order valence-electron chi connectivity index (χ1n) is 7.00. The van der Waals surface area contributed by atoms with Crippen molar-refractivity contribution in [2.45, 2.75) is 39.2 Å². The molecule has 1 aliphatic rings. The SMILES string of the molecule is CNC(c1ccc(OC)cc1F)C1CCCC1(C)C. The summed E-state index contributed by atoms with van der Waals surface area (Å²) in [6.45, 7) is 4.58. The van der Waals surface area contributed by atoms with Crippen molar-refractivity contribution < 1.29 is 9.13 Å². The average Bonchev–Trinajstić information content (AvgIpc) is 2.72. The van der Waals surface area contributed by atoms with Gasteiger partial charge in [0.15, 0.2) is 0 Å². The van der Waals surface area contributed by atoms with Crippen molar-refractivity contribution in [3.05, 3.63) is 29.6 Å². The summed E-state index contributed by atoms with van der Waals surface area (Å²) in [7, 11) is 3.48. The molecule has 1 N–H and O–H groups in total. The van der Waals surface area contributed by atoms with E-state index in [9.17, 15) is 4.39 Å². The monoisotopic (exact) mass is 265 g/mol. The molecule has 106 valence electrons. The molecule has 1 fully saturated rings. The molecule has 0 aromatic heterocycles. The summed E-state index contributed by atoms with van der Waals surface area (Å²) in [4.78, 5) is 0. The summed E-state index contributed by atoms with van der Waals surface area (Å²) in [6, 6.07) is 5.24. The van der Waals surface area contributed by atoms with Gasteiger partial charge in [0.25, 0.3) is 0 Å². The van der Waals surface area contributed by atoms with Gasteiger partial charge in [0, 0.05) is 17.7 Å². The smallest absolute Gasteiger partial charge is 0.131 e. The quantitative estimate of drug-likeness (QED) is 0.891. The number of methoxy groups -OCH3 is 1. The Labute approximate surface area is 115 Å². The maximum absolute atomic E-state index is 14.3. The lowest BCUT2D eigenvalue weighted by Crippen LogP contribution is -2.32. The Morgan fingerprint density at radius 3 is 2.63 bits per heavy atom. The van der Waals surface area contributed by atoms with Crippen molar-refractivity contribution in [1.82, 2.24) is 5.32 Å². The van der Waals surface area contributed by atoms with Gasteiger partial charge in [0.1, 0.15) is 11.6 Å². The van der Waals surface area contributed by atoms with Crippen LogP contribution in [0, 0.1) is 17.2 Å². The molecular formula is C16H24FNO. The minimum absolute atomic E-state index is 0.0726. The second kappa shape index (κ2) is 5.49. The number of ether oxygens (including phenoxy) is 1. The summed E-state index contributed by atoms with van der Waals surface area (Å²) in [5, 5.41) is 3.31. The van der Waals surface area contributed by atoms with Gasteiger partial charge < -0.3 is 10.1 Å². The molecule has 1 aliphatic carbocycles. The molecule has 2 nitrogen and oxygen atoms in total. The summed E-state index contributed by atoms with van der Waals surface area (Å²) in [5.41, 5.74) is 1.02. The van der Waals surface area contributed by atoms with E-state index in [0.717, 1.165) is 12.0 Å². The van der Waals surface area contributed by atoms with Crippen LogP contribution in [0.1, 0.15) is 44.7 Å². The van der Waals surface area contributed by atoms with Crippen LogP contribution in [-0.4, -0.2) is 14.2 Å². The van der Waals surface area contributed by atoms with Gasteiger partial charge in [-0.2, -0.15) is 0 Å². The Kier molecular flexibility index (Phi) is 4.14. The highest BCUT2D eigenvalue weighted by Gasteiger charge is 2.40. The number of nitrogens with one attached hydrogen (secondary N) is 1. The minimum Gasteiger partial charge on any atom is -0.497 e. The predicted octanol–water partition coefficient (Wildman–Crippen LogP) is 3.92. The van der Waals surface area contributed by atoms with Crippen LogP contribution in [0.5, 0.6) is 5.75 Å². The van der Waals surface area contributed by atoms with Gasteiger partial charge in [-0.1, -0.05) is 26.3 Å². The molecule has 0 heterocycles. The predicted molar refractivity (Wildman–Crippen MR) is 75.9 cm³/mol. The second-order valence-electron chi connectivity index (χ2n) is 6.14. The molecule has 2 unspecified atom stereocenters. The van der Waals surface area contributed by atoms with Gasteiger partial charge in [-0.25, -0.2) is 4.39 Å². The molecule has 2 atom stereocenters. The van der Waals surface area contributed by atoms with Crippen molar-refractivity contribution >= 4 is 0 Å². The molecule has 0 saturated heterocycles. The van der Waals surface area contributed by atoms with Crippen molar-refractivity contribution in [3.63, 3.8) is 0 Å².